The molecule has 0 aromatic heterocycles. The molecular weight excluding hydrogens is 232 g/mol. The van der Waals surface area contributed by atoms with Gasteiger partial charge in [0.15, 0.2) is 0 Å². The maximum Gasteiger partial charge on any atom is 0.127 e. The fourth-order valence-corrected chi connectivity index (χ4v) is 2.91. The van der Waals surface area contributed by atoms with Gasteiger partial charge in [0.05, 0.1) is 0 Å². The lowest BCUT2D eigenvalue weighted by atomic mass is 9.98. The molecule has 1 nitrogen and oxygen atoms in total. The van der Waals surface area contributed by atoms with Crippen molar-refractivity contribution < 1.29 is 4.74 Å². The number of hydrogen-bond donors (Lipinski definition) is 0. The van der Waals surface area contributed by atoms with Crippen LogP contribution in [0, 0.1) is 5.92 Å². The Morgan fingerprint density at radius 3 is 2.37 bits per heavy atom. The second-order valence-electron chi connectivity index (χ2n) is 5.42. The van der Waals surface area contributed by atoms with E-state index in [0.29, 0.717) is 0 Å². The molecule has 0 bridgehead atoms. The molecule has 1 saturated carbocycles. The fraction of sp³-hybridized carbons (Fsp3) is 0.333. The van der Waals surface area contributed by atoms with Crippen molar-refractivity contribution in [3.05, 3.63) is 60.2 Å². The Hall–Kier alpha value is -1.76. The van der Waals surface area contributed by atoms with Crippen LogP contribution in [0.25, 0.3) is 0 Å². The van der Waals surface area contributed by atoms with Crippen LogP contribution in [0.4, 0.5) is 0 Å². The van der Waals surface area contributed by atoms with Gasteiger partial charge in [0.25, 0.3) is 0 Å². The molecule has 1 heteroatoms. The van der Waals surface area contributed by atoms with Crippen LogP contribution in [0.5, 0.6) is 11.5 Å². The molecular formula is C18H20O. The summed E-state index contributed by atoms with van der Waals surface area (Å²) in [6, 6.07) is 18.5. The van der Waals surface area contributed by atoms with Crippen LogP contribution < -0.4 is 4.74 Å². The highest BCUT2D eigenvalue weighted by Gasteiger charge is 2.15. The second kappa shape index (κ2) is 5.92. The first-order chi connectivity index (χ1) is 9.40. The first kappa shape index (κ1) is 12.3. The quantitative estimate of drug-likeness (QED) is 0.725. The normalized spacial score (nSPS) is 15.6. The van der Waals surface area contributed by atoms with E-state index in [9.17, 15) is 0 Å². The lowest BCUT2D eigenvalue weighted by molar-refractivity contribution is 0.480. The number of rotatable bonds is 4. The van der Waals surface area contributed by atoms with E-state index in [2.05, 4.69) is 18.2 Å². The summed E-state index contributed by atoms with van der Waals surface area (Å²) in [5.41, 5.74) is 1.40. The van der Waals surface area contributed by atoms with E-state index in [1.54, 1.807) is 0 Å². The highest BCUT2D eigenvalue weighted by Crippen LogP contribution is 2.29. The summed E-state index contributed by atoms with van der Waals surface area (Å²) in [4.78, 5) is 0. The predicted molar refractivity (Wildman–Crippen MR) is 78.6 cm³/mol. The zero-order valence-electron chi connectivity index (χ0n) is 11.2. The average molecular weight is 252 g/mol. The van der Waals surface area contributed by atoms with Crippen molar-refractivity contribution in [2.45, 2.75) is 32.1 Å². The predicted octanol–water partition coefficient (Wildman–Crippen LogP) is 5.21. The van der Waals surface area contributed by atoms with Crippen LogP contribution in [0.3, 0.4) is 0 Å². The van der Waals surface area contributed by atoms with Gasteiger partial charge in [-0.05, 0) is 42.2 Å². The van der Waals surface area contributed by atoms with E-state index in [4.69, 9.17) is 4.74 Å². The monoisotopic (exact) mass is 252 g/mol. The first-order valence-corrected chi connectivity index (χ1v) is 7.22. The van der Waals surface area contributed by atoms with Crippen molar-refractivity contribution >= 4 is 0 Å². The molecule has 2 aromatic rings. The minimum atomic E-state index is 0.881. The number of benzene rings is 2. The molecule has 19 heavy (non-hydrogen) atoms. The van der Waals surface area contributed by atoms with Crippen molar-refractivity contribution in [3.63, 3.8) is 0 Å². The lowest BCUT2D eigenvalue weighted by Crippen LogP contribution is -1.98. The van der Waals surface area contributed by atoms with Crippen molar-refractivity contribution in [2.24, 2.45) is 5.92 Å². The summed E-state index contributed by atoms with van der Waals surface area (Å²) in [5, 5.41) is 0. The SMILES string of the molecule is c1ccc(Oc2cccc(CC3CCCC3)c2)cc1. The summed E-state index contributed by atoms with van der Waals surface area (Å²) < 4.78 is 5.88. The van der Waals surface area contributed by atoms with Crippen LogP contribution in [-0.2, 0) is 6.42 Å². The van der Waals surface area contributed by atoms with Crippen LogP contribution in [0.2, 0.25) is 0 Å². The molecule has 1 aliphatic rings. The Bertz CT molecular complexity index is 512. The van der Waals surface area contributed by atoms with Crippen LogP contribution in [-0.4, -0.2) is 0 Å². The Balaban J connectivity index is 1.69. The van der Waals surface area contributed by atoms with Gasteiger partial charge < -0.3 is 4.74 Å². The molecule has 0 N–H and O–H groups in total. The third-order valence-electron chi connectivity index (χ3n) is 3.88. The van der Waals surface area contributed by atoms with Crippen molar-refractivity contribution in [2.75, 3.05) is 0 Å². The molecule has 2 aromatic carbocycles. The van der Waals surface area contributed by atoms with E-state index in [1.165, 1.54) is 37.7 Å². The third-order valence-corrected chi connectivity index (χ3v) is 3.88. The molecule has 98 valence electrons. The third kappa shape index (κ3) is 3.37. The van der Waals surface area contributed by atoms with Gasteiger partial charge >= 0.3 is 0 Å². The maximum absolute atomic E-state index is 5.88. The molecule has 0 aliphatic heterocycles. The molecule has 0 saturated heterocycles. The largest absolute Gasteiger partial charge is 0.457 e. The molecule has 1 aliphatic carbocycles. The van der Waals surface area contributed by atoms with Crippen molar-refractivity contribution in [1.29, 1.82) is 0 Å². The smallest absolute Gasteiger partial charge is 0.127 e. The van der Waals surface area contributed by atoms with Gasteiger partial charge in [-0.3, -0.25) is 0 Å². The van der Waals surface area contributed by atoms with Crippen LogP contribution in [0.1, 0.15) is 31.2 Å². The minimum Gasteiger partial charge on any atom is -0.457 e. The fourth-order valence-electron chi connectivity index (χ4n) is 2.91. The molecule has 0 amide bonds. The molecule has 0 atom stereocenters. The Morgan fingerprint density at radius 2 is 1.58 bits per heavy atom. The zero-order chi connectivity index (χ0) is 12.9. The second-order valence-corrected chi connectivity index (χ2v) is 5.42. The van der Waals surface area contributed by atoms with Gasteiger partial charge in [-0.15, -0.1) is 0 Å². The van der Waals surface area contributed by atoms with E-state index in [-0.39, 0.29) is 0 Å². The number of hydrogen-bond acceptors (Lipinski definition) is 1. The van der Waals surface area contributed by atoms with E-state index in [0.717, 1.165) is 17.4 Å². The number of ether oxygens (including phenoxy) is 1. The maximum atomic E-state index is 5.88. The zero-order valence-corrected chi connectivity index (χ0v) is 11.2. The molecule has 0 spiro atoms. The van der Waals surface area contributed by atoms with Crippen molar-refractivity contribution in [1.82, 2.24) is 0 Å². The minimum absolute atomic E-state index is 0.881. The van der Waals surface area contributed by atoms with Crippen molar-refractivity contribution in [3.8, 4) is 11.5 Å². The summed E-state index contributed by atoms with van der Waals surface area (Å²) in [7, 11) is 0. The van der Waals surface area contributed by atoms with Gasteiger partial charge in [-0.25, -0.2) is 0 Å². The van der Waals surface area contributed by atoms with E-state index >= 15 is 0 Å². The van der Waals surface area contributed by atoms with Gasteiger partial charge in [0, 0.05) is 0 Å². The van der Waals surface area contributed by atoms with Gasteiger partial charge in [-0.2, -0.15) is 0 Å². The topological polar surface area (TPSA) is 9.23 Å². The molecule has 0 heterocycles. The molecule has 0 radical (unpaired) electrons. The summed E-state index contributed by atoms with van der Waals surface area (Å²) in [6.07, 6.45) is 6.80. The highest BCUT2D eigenvalue weighted by atomic mass is 16.5. The molecule has 3 rings (SSSR count). The highest BCUT2D eigenvalue weighted by molar-refractivity contribution is 5.34. The van der Waals surface area contributed by atoms with E-state index in [1.807, 2.05) is 36.4 Å². The Labute approximate surface area is 115 Å². The van der Waals surface area contributed by atoms with Gasteiger partial charge in [-0.1, -0.05) is 56.0 Å². The van der Waals surface area contributed by atoms with Crippen LogP contribution >= 0.6 is 0 Å². The lowest BCUT2D eigenvalue weighted by Gasteiger charge is -2.11. The first-order valence-electron chi connectivity index (χ1n) is 7.22. The van der Waals surface area contributed by atoms with Crippen LogP contribution in [0.15, 0.2) is 54.6 Å². The van der Waals surface area contributed by atoms with Gasteiger partial charge in [0.1, 0.15) is 11.5 Å². The summed E-state index contributed by atoms with van der Waals surface area (Å²) in [5.74, 6) is 2.73. The Kier molecular flexibility index (Phi) is 3.83. The van der Waals surface area contributed by atoms with Gasteiger partial charge in [0.2, 0.25) is 0 Å². The summed E-state index contributed by atoms with van der Waals surface area (Å²) in [6.45, 7) is 0. The molecule has 0 unspecified atom stereocenters. The van der Waals surface area contributed by atoms with E-state index < -0.39 is 0 Å². The summed E-state index contributed by atoms with van der Waals surface area (Å²) >= 11 is 0. The Morgan fingerprint density at radius 1 is 0.842 bits per heavy atom. The standard InChI is InChI=1S/C18H20O/c1-2-10-17(11-3-1)19-18-12-6-9-16(14-18)13-15-7-4-5-8-15/h1-3,6,9-12,14-15H,4-5,7-8,13H2. The molecule has 1 fully saturated rings. The average Bonchev–Trinajstić information content (AvgIpc) is 2.93. The number of para-hydroxylation sites is 1.